The largest absolute Gasteiger partial charge is 0.444 e. The molecule has 2 heterocycles. The first-order chi connectivity index (χ1) is 8.32. The number of thiocarbonyl (C=S) groups is 1. The van der Waals surface area contributed by atoms with Gasteiger partial charge in [-0.05, 0) is 40.2 Å². The second kappa shape index (κ2) is 4.78. The van der Waals surface area contributed by atoms with E-state index in [1.54, 1.807) is 4.90 Å². The van der Waals surface area contributed by atoms with Gasteiger partial charge in [0.2, 0.25) is 0 Å². The molecule has 2 rings (SSSR count). The van der Waals surface area contributed by atoms with Crippen LogP contribution in [0.1, 0.15) is 33.6 Å². The first kappa shape index (κ1) is 13.7. The number of nitrogens with zero attached hydrogens (tertiary/aromatic N) is 1. The molecule has 0 bridgehead atoms. The van der Waals surface area contributed by atoms with Crippen LogP contribution in [0.2, 0.25) is 0 Å². The van der Waals surface area contributed by atoms with Gasteiger partial charge in [0.25, 0.3) is 0 Å². The predicted molar refractivity (Wildman–Crippen MR) is 74.9 cm³/mol. The summed E-state index contributed by atoms with van der Waals surface area (Å²) >= 11 is 5.53. The number of rotatable bonds is 0. The Morgan fingerprint density at radius 3 is 2.67 bits per heavy atom. The molecule has 0 aromatic carbocycles. The van der Waals surface area contributed by atoms with Crippen molar-refractivity contribution in [3.8, 4) is 0 Å². The highest BCUT2D eigenvalue weighted by Crippen LogP contribution is 2.35. The van der Waals surface area contributed by atoms with Crippen LogP contribution in [0.5, 0.6) is 0 Å². The Morgan fingerprint density at radius 2 is 2.17 bits per heavy atom. The Morgan fingerprint density at radius 1 is 1.44 bits per heavy atom. The van der Waals surface area contributed by atoms with E-state index in [0.717, 1.165) is 37.3 Å². The van der Waals surface area contributed by atoms with E-state index in [1.807, 2.05) is 20.8 Å². The van der Waals surface area contributed by atoms with Gasteiger partial charge in [-0.3, -0.25) is 0 Å². The first-order valence-electron chi connectivity index (χ1n) is 6.54. The third-order valence-electron chi connectivity index (χ3n) is 3.68. The van der Waals surface area contributed by atoms with E-state index < -0.39 is 5.60 Å². The minimum absolute atomic E-state index is 0.147. The molecule has 2 saturated heterocycles. The van der Waals surface area contributed by atoms with Crippen LogP contribution in [0, 0.1) is 5.41 Å². The molecular weight excluding hydrogens is 248 g/mol. The molecule has 0 aromatic rings. The summed E-state index contributed by atoms with van der Waals surface area (Å²) < 4.78 is 5.39. The van der Waals surface area contributed by atoms with Crippen LogP contribution in [0.4, 0.5) is 4.79 Å². The van der Waals surface area contributed by atoms with Gasteiger partial charge < -0.3 is 15.0 Å². The Kier molecular flexibility index (Phi) is 3.65. The van der Waals surface area contributed by atoms with Crippen LogP contribution >= 0.6 is 12.2 Å². The third-order valence-corrected chi connectivity index (χ3v) is 4.24. The molecule has 1 amide bonds. The molecule has 1 N–H and O–H groups in total. The Labute approximate surface area is 114 Å². The van der Waals surface area contributed by atoms with Crippen molar-refractivity contribution in [3.05, 3.63) is 0 Å². The van der Waals surface area contributed by atoms with Crippen molar-refractivity contribution < 1.29 is 9.53 Å². The lowest BCUT2D eigenvalue weighted by molar-refractivity contribution is 0.0242. The lowest BCUT2D eigenvalue weighted by Crippen LogP contribution is -2.51. The Bertz CT molecular complexity index is 356. The summed E-state index contributed by atoms with van der Waals surface area (Å²) in [6.07, 6.45) is 1.82. The maximum atomic E-state index is 12.0. The molecule has 0 radical (unpaired) electrons. The average Bonchev–Trinajstić information content (AvgIpc) is 2.69. The molecule has 5 heteroatoms. The third kappa shape index (κ3) is 2.83. The van der Waals surface area contributed by atoms with E-state index in [2.05, 4.69) is 5.32 Å². The molecule has 1 spiro atoms. The van der Waals surface area contributed by atoms with E-state index in [0.29, 0.717) is 6.54 Å². The summed E-state index contributed by atoms with van der Waals surface area (Å²) in [4.78, 5) is 14.7. The molecule has 2 aliphatic heterocycles. The molecule has 18 heavy (non-hydrogen) atoms. The highest BCUT2D eigenvalue weighted by molar-refractivity contribution is 7.80. The van der Waals surface area contributed by atoms with Gasteiger partial charge in [-0.25, -0.2) is 4.79 Å². The fraction of sp³-hybridized carbons (Fsp3) is 0.846. The van der Waals surface area contributed by atoms with Gasteiger partial charge in [0.15, 0.2) is 0 Å². The molecule has 102 valence electrons. The van der Waals surface area contributed by atoms with E-state index in [1.165, 1.54) is 0 Å². The number of nitrogens with one attached hydrogen (secondary N) is 1. The maximum absolute atomic E-state index is 12.0. The van der Waals surface area contributed by atoms with Gasteiger partial charge in [-0.2, -0.15) is 0 Å². The second-order valence-corrected chi connectivity index (χ2v) is 6.77. The SMILES string of the molecule is CC(C)(C)OC(=O)N1CCC2(CCNC2)C(=S)C1. The highest BCUT2D eigenvalue weighted by Gasteiger charge is 2.42. The highest BCUT2D eigenvalue weighted by atomic mass is 32.1. The van der Waals surface area contributed by atoms with Crippen molar-refractivity contribution in [1.82, 2.24) is 10.2 Å². The summed E-state index contributed by atoms with van der Waals surface area (Å²) in [5.41, 5.74) is -0.295. The number of hydrogen-bond acceptors (Lipinski definition) is 4. The van der Waals surface area contributed by atoms with Crippen LogP contribution in [0.15, 0.2) is 0 Å². The summed E-state index contributed by atoms with van der Waals surface area (Å²) in [7, 11) is 0. The Balaban J connectivity index is 1.96. The smallest absolute Gasteiger partial charge is 0.410 e. The molecule has 4 nitrogen and oxygen atoms in total. The van der Waals surface area contributed by atoms with Crippen LogP contribution < -0.4 is 5.32 Å². The van der Waals surface area contributed by atoms with E-state index in [-0.39, 0.29) is 11.5 Å². The molecule has 1 unspecified atom stereocenters. The minimum Gasteiger partial charge on any atom is -0.444 e. The maximum Gasteiger partial charge on any atom is 0.410 e. The second-order valence-electron chi connectivity index (χ2n) is 6.28. The molecular formula is C13H22N2O2S. The summed E-state index contributed by atoms with van der Waals surface area (Å²) in [5.74, 6) is 0. The van der Waals surface area contributed by atoms with E-state index in [4.69, 9.17) is 17.0 Å². The van der Waals surface area contributed by atoms with Gasteiger partial charge >= 0.3 is 6.09 Å². The average molecular weight is 270 g/mol. The summed E-state index contributed by atoms with van der Waals surface area (Å²) in [6.45, 7) is 8.96. The lowest BCUT2D eigenvalue weighted by atomic mass is 9.77. The van der Waals surface area contributed by atoms with Crippen molar-refractivity contribution >= 4 is 23.2 Å². The predicted octanol–water partition coefficient (Wildman–Crippen LogP) is 1.98. The van der Waals surface area contributed by atoms with Gasteiger partial charge in [0, 0.05) is 23.4 Å². The molecule has 1 atom stereocenters. The van der Waals surface area contributed by atoms with E-state index >= 15 is 0 Å². The van der Waals surface area contributed by atoms with Gasteiger partial charge in [-0.15, -0.1) is 0 Å². The van der Waals surface area contributed by atoms with Crippen LogP contribution in [-0.4, -0.2) is 47.6 Å². The zero-order valence-electron chi connectivity index (χ0n) is 11.4. The molecule has 2 aliphatic rings. The fourth-order valence-corrected chi connectivity index (χ4v) is 3.02. The number of piperidine rings is 1. The molecule has 0 aliphatic carbocycles. The zero-order valence-corrected chi connectivity index (χ0v) is 12.2. The zero-order chi connectivity index (χ0) is 13.4. The molecule has 2 fully saturated rings. The number of ether oxygens (including phenoxy) is 1. The standard InChI is InChI=1S/C13H22N2O2S/c1-12(2,3)17-11(16)15-7-5-13(10(18)8-15)4-6-14-9-13/h14H,4-9H2,1-3H3. The summed E-state index contributed by atoms with van der Waals surface area (Å²) in [6, 6.07) is 0. The molecule has 0 saturated carbocycles. The summed E-state index contributed by atoms with van der Waals surface area (Å²) in [5, 5.41) is 3.37. The lowest BCUT2D eigenvalue weighted by Gasteiger charge is -2.39. The number of amides is 1. The van der Waals surface area contributed by atoms with Gasteiger partial charge in [0.1, 0.15) is 5.60 Å². The van der Waals surface area contributed by atoms with Crippen LogP contribution in [-0.2, 0) is 4.74 Å². The van der Waals surface area contributed by atoms with Crippen LogP contribution in [0.25, 0.3) is 0 Å². The Hall–Kier alpha value is -0.680. The van der Waals surface area contributed by atoms with Crippen molar-refractivity contribution in [2.45, 2.75) is 39.2 Å². The van der Waals surface area contributed by atoms with Crippen LogP contribution in [0.3, 0.4) is 0 Å². The minimum atomic E-state index is -0.442. The number of likely N-dealkylation sites (tertiary alicyclic amines) is 1. The molecule has 0 aromatic heterocycles. The van der Waals surface area contributed by atoms with Gasteiger partial charge in [0.05, 0.1) is 6.54 Å². The quantitative estimate of drug-likeness (QED) is 0.683. The van der Waals surface area contributed by atoms with Crippen molar-refractivity contribution in [1.29, 1.82) is 0 Å². The van der Waals surface area contributed by atoms with Crippen molar-refractivity contribution in [2.24, 2.45) is 5.41 Å². The monoisotopic (exact) mass is 270 g/mol. The van der Waals surface area contributed by atoms with Gasteiger partial charge in [-0.1, -0.05) is 12.2 Å². The number of carbonyl (C=O) groups excluding carboxylic acids is 1. The van der Waals surface area contributed by atoms with E-state index in [9.17, 15) is 4.79 Å². The fourth-order valence-electron chi connectivity index (χ4n) is 2.59. The topological polar surface area (TPSA) is 41.6 Å². The van der Waals surface area contributed by atoms with Crippen molar-refractivity contribution in [3.63, 3.8) is 0 Å². The normalized spacial score (nSPS) is 28.8. The first-order valence-corrected chi connectivity index (χ1v) is 6.95. The number of hydrogen-bond donors (Lipinski definition) is 1. The van der Waals surface area contributed by atoms with Crippen molar-refractivity contribution in [2.75, 3.05) is 26.2 Å². The number of carbonyl (C=O) groups is 1.